The number of H-pyrrole nitrogens is 1. The van der Waals surface area contributed by atoms with Gasteiger partial charge in [-0.25, -0.2) is 4.39 Å². The molecule has 0 aliphatic heterocycles. The summed E-state index contributed by atoms with van der Waals surface area (Å²) in [6.45, 7) is 0.0243. The highest BCUT2D eigenvalue weighted by atomic mass is 35.5. The van der Waals surface area contributed by atoms with Crippen LogP contribution < -0.4 is 5.32 Å². The predicted molar refractivity (Wildman–Crippen MR) is 91.4 cm³/mol. The molecule has 0 saturated carbocycles. The number of carbonyl (C=O) groups is 1. The van der Waals surface area contributed by atoms with Gasteiger partial charge in [0.1, 0.15) is 5.82 Å². The third kappa shape index (κ3) is 3.75. The highest BCUT2D eigenvalue weighted by molar-refractivity contribution is 6.31. The van der Waals surface area contributed by atoms with Gasteiger partial charge in [0.15, 0.2) is 0 Å². The maximum Gasteiger partial charge on any atom is 0.224 e. The van der Waals surface area contributed by atoms with Crippen LogP contribution in [0.2, 0.25) is 5.02 Å². The normalized spacial score (nSPS) is 12.3. The van der Waals surface area contributed by atoms with Crippen molar-refractivity contribution in [2.24, 2.45) is 0 Å². The summed E-state index contributed by atoms with van der Waals surface area (Å²) in [7, 11) is 0. The van der Waals surface area contributed by atoms with Gasteiger partial charge in [0.2, 0.25) is 5.91 Å². The Kier molecular flexibility index (Phi) is 4.83. The number of hydrogen-bond acceptors (Lipinski definition) is 2. The summed E-state index contributed by atoms with van der Waals surface area (Å²) in [6.07, 6.45) is 0.993. The van der Waals surface area contributed by atoms with E-state index in [4.69, 9.17) is 11.6 Å². The topological polar surface area (TPSA) is 65.1 Å². The summed E-state index contributed by atoms with van der Waals surface area (Å²) >= 11 is 5.93. The minimum absolute atomic E-state index is 0.0243. The van der Waals surface area contributed by atoms with E-state index in [0.717, 1.165) is 16.5 Å². The number of rotatable bonds is 5. The Hall–Kier alpha value is -2.37. The minimum Gasteiger partial charge on any atom is -0.387 e. The molecule has 1 heterocycles. The number of carbonyl (C=O) groups excluding carboxylic acids is 1. The van der Waals surface area contributed by atoms with Crippen LogP contribution in [0.25, 0.3) is 10.9 Å². The average Bonchev–Trinajstić information content (AvgIpc) is 2.94. The lowest BCUT2D eigenvalue weighted by atomic mass is 10.1. The van der Waals surface area contributed by atoms with Gasteiger partial charge in [-0.1, -0.05) is 29.8 Å². The van der Waals surface area contributed by atoms with Crippen LogP contribution in [-0.4, -0.2) is 22.5 Å². The second-order valence-electron chi connectivity index (χ2n) is 5.56. The first-order chi connectivity index (χ1) is 11.5. The fourth-order valence-corrected chi connectivity index (χ4v) is 2.75. The second kappa shape index (κ2) is 7.03. The van der Waals surface area contributed by atoms with Crippen molar-refractivity contribution in [3.63, 3.8) is 0 Å². The van der Waals surface area contributed by atoms with E-state index in [1.165, 1.54) is 18.2 Å². The van der Waals surface area contributed by atoms with Gasteiger partial charge in [0.25, 0.3) is 0 Å². The number of aliphatic hydroxyl groups excluding tert-OH is 1. The van der Waals surface area contributed by atoms with Crippen LogP contribution in [0.15, 0.2) is 48.7 Å². The van der Waals surface area contributed by atoms with E-state index in [9.17, 15) is 14.3 Å². The lowest BCUT2D eigenvalue weighted by Gasteiger charge is -2.12. The molecule has 0 aliphatic carbocycles. The van der Waals surface area contributed by atoms with Crippen molar-refractivity contribution >= 4 is 28.4 Å². The quantitative estimate of drug-likeness (QED) is 0.663. The Morgan fingerprint density at radius 2 is 2.12 bits per heavy atom. The molecule has 4 nitrogen and oxygen atoms in total. The van der Waals surface area contributed by atoms with Crippen molar-refractivity contribution in [3.8, 4) is 0 Å². The van der Waals surface area contributed by atoms with E-state index in [1.807, 2.05) is 6.07 Å². The molecule has 1 atom stereocenters. The van der Waals surface area contributed by atoms with Crippen molar-refractivity contribution < 1.29 is 14.3 Å². The number of halogens is 2. The van der Waals surface area contributed by atoms with Gasteiger partial charge in [-0.05, 0) is 35.4 Å². The molecule has 1 amide bonds. The first kappa shape index (κ1) is 16.5. The molecule has 6 heteroatoms. The van der Waals surface area contributed by atoms with E-state index in [-0.39, 0.29) is 18.9 Å². The van der Waals surface area contributed by atoms with Crippen LogP contribution in [0.5, 0.6) is 0 Å². The molecule has 1 unspecified atom stereocenters. The van der Waals surface area contributed by atoms with Crippen LogP contribution in [0.3, 0.4) is 0 Å². The molecule has 0 spiro atoms. The van der Waals surface area contributed by atoms with Crippen LogP contribution in [0.4, 0.5) is 4.39 Å². The Morgan fingerprint density at radius 3 is 2.92 bits per heavy atom. The van der Waals surface area contributed by atoms with Crippen molar-refractivity contribution in [2.45, 2.75) is 12.5 Å². The number of aliphatic hydroxyl groups is 1. The van der Waals surface area contributed by atoms with Gasteiger partial charge >= 0.3 is 0 Å². The van der Waals surface area contributed by atoms with Crippen molar-refractivity contribution in [2.75, 3.05) is 6.54 Å². The van der Waals surface area contributed by atoms with E-state index >= 15 is 0 Å². The number of hydrogen-bond donors (Lipinski definition) is 3. The highest BCUT2D eigenvalue weighted by Crippen LogP contribution is 2.22. The number of nitrogens with one attached hydrogen (secondary N) is 2. The molecule has 124 valence electrons. The first-order valence-corrected chi connectivity index (χ1v) is 7.86. The van der Waals surface area contributed by atoms with Crippen LogP contribution in [0, 0.1) is 5.82 Å². The zero-order valence-electron chi connectivity index (χ0n) is 12.7. The molecule has 0 aliphatic rings. The monoisotopic (exact) mass is 346 g/mol. The van der Waals surface area contributed by atoms with E-state index in [1.54, 1.807) is 24.4 Å². The summed E-state index contributed by atoms with van der Waals surface area (Å²) in [5.41, 5.74) is 2.14. The third-order valence-corrected chi connectivity index (χ3v) is 4.04. The lowest BCUT2D eigenvalue weighted by molar-refractivity contribution is -0.120. The van der Waals surface area contributed by atoms with E-state index in [2.05, 4.69) is 10.3 Å². The van der Waals surface area contributed by atoms with Gasteiger partial charge in [-0.2, -0.15) is 0 Å². The zero-order chi connectivity index (χ0) is 17.1. The fourth-order valence-electron chi connectivity index (χ4n) is 2.58. The molecule has 3 aromatic rings. The summed E-state index contributed by atoms with van der Waals surface area (Å²) in [6, 6.07) is 11.1. The predicted octanol–water partition coefficient (Wildman–Crippen LogP) is 3.35. The summed E-state index contributed by atoms with van der Waals surface area (Å²) in [5, 5.41) is 14.2. The Bertz CT molecular complexity index is 878. The van der Waals surface area contributed by atoms with Gasteiger partial charge in [0.05, 0.1) is 12.5 Å². The number of benzene rings is 2. The van der Waals surface area contributed by atoms with Crippen LogP contribution >= 0.6 is 11.6 Å². The standard InChI is InChI=1S/C18H16ClFN2O2/c19-13-4-5-15-12(9-21-16(15)8-13)7-18(24)22-10-17(23)11-2-1-3-14(20)6-11/h1-6,8-9,17,21,23H,7,10H2,(H,22,24). The number of fused-ring (bicyclic) bond motifs is 1. The average molecular weight is 347 g/mol. The Morgan fingerprint density at radius 1 is 1.29 bits per heavy atom. The molecule has 3 rings (SSSR count). The van der Waals surface area contributed by atoms with Gasteiger partial charge < -0.3 is 15.4 Å². The summed E-state index contributed by atoms with van der Waals surface area (Å²) in [5.74, 6) is -0.642. The van der Waals surface area contributed by atoms with Crippen molar-refractivity contribution in [3.05, 3.63) is 70.6 Å². The smallest absolute Gasteiger partial charge is 0.224 e. The molecule has 1 aromatic heterocycles. The maximum atomic E-state index is 13.1. The summed E-state index contributed by atoms with van der Waals surface area (Å²) < 4.78 is 13.1. The lowest BCUT2D eigenvalue weighted by Crippen LogP contribution is -2.29. The second-order valence-corrected chi connectivity index (χ2v) is 5.99. The third-order valence-electron chi connectivity index (χ3n) is 3.81. The SMILES string of the molecule is O=C(Cc1c[nH]c2cc(Cl)ccc12)NCC(O)c1cccc(F)c1. The molecule has 0 fully saturated rings. The largest absolute Gasteiger partial charge is 0.387 e. The van der Waals surface area contributed by atoms with Crippen LogP contribution in [-0.2, 0) is 11.2 Å². The van der Waals surface area contributed by atoms with E-state index < -0.39 is 11.9 Å². The molecule has 24 heavy (non-hydrogen) atoms. The fraction of sp³-hybridized carbons (Fsp3) is 0.167. The van der Waals surface area contributed by atoms with Gasteiger partial charge in [0, 0.05) is 28.7 Å². The number of aromatic nitrogens is 1. The van der Waals surface area contributed by atoms with Crippen molar-refractivity contribution in [1.82, 2.24) is 10.3 Å². The van der Waals surface area contributed by atoms with E-state index in [0.29, 0.717) is 10.6 Å². The Labute approximate surface area is 143 Å². The maximum absolute atomic E-state index is 13.1. The molecule has 0 bridgehead atoms. The van der Waals surface area contributed by atoms with Crippen molar-refractivity contribution in [1.29, 1.82) is 0 Å². The molecule has 0 saturated heterocycles. The number of amides is 1. The van der Waals surface area contributed by atoms with Crippen LogP contribution in [0.1, 0.15) is 17.2 Å². The number of aromatic amines is 1. The van der Waals surface area contributed by atoms with Gasteiger partial charge in [-0.15, -0.1) is 0 Å². The highest BCUT2D eigenvalue weighted by Gasteiger charge is 2.12. The summed E-state index contributed by atoms with van der Waals surface area (Å²) in [4.78, 5) is 15.2. The minimum atomic E-state index is -0.952. The molecular weight excluding hydrogens is 331 g/mol. The zero-order valence-corrected chi connectivity index (χ0v) is 13.5. The molecule has 3 N–H and O–H groups in total. The molecule has 0 radical (unpaired) electrons. The molecule has 2 aromatic carbocycles. The first-order valence-electron chi connectivity index (χ1n) is 7.48. The molecular formula is C18H16ClFN2O2. The van der Waals surface area contributed by atoms with Gasteiger partial charge in [-0.3, -0.25) is 4.79 Å². The Balaban J connectivity index is 1.61.